The molecule has 118 valence electrons. The van der Waals surface area contributed by atoms with Crippen LogP contribution in [0.25, 0.3) is 0 Å². The summed E-state index contributed by atoms with van der Waals surface area (Å²) >= 11 is 0. The maximum Gasteiger partial charge on any atom is 0.0661 e. The second-order valence-electron chi connectivity index (χ2n) is 6.53. The van der Waals surface area contributed by atoms with Gasteiger partial charge in [0.15, 0.2) is 0 Å². The van der Waals surface area contributed by atoms with E-state index in [4.69, 9.17) is 4.74 Å². The van der Waals surface area contributed by atoms with E-state index in [9.17, 15) is 0 Å². The van der Waals surface area contributed by atoms with Crippen molar-refractivity contribution in [3.05, 3.63) is 34.9 Å². The van der Waals surface area contributed by atoms with Crippen LogP contribution in [0.3, 0.4) is 0 Å². The minimum atomic E-state index is 0.325. The van der Waals surface area contributed by atoms with Crippen molar-refractivity contribution in [2.24, 2.45) is 5.92 Å². The van der Waals surface area contributed by atoms with Crippen LogP contribution in [0, 0.1) is 19.8 Å². The van der Waals surface area contributed by atoms with Crippen molar-refractivity contribution in [1.82, 2.24) is 5.32 Å². The van der Waals surface area contributed by atoms with Gasteiger partial charge in [-0.15, -0.1) is 0 Å². The van der Waals surface area contributed by atoms with Crippen LogP contribution in [0.15, 0.2) is 18.2 Å². The van der Waals surface area contributed by atoms with Gasteiger partial charge < -0.3 is 10.1 Å². The molecule has 0 saturated heterocycles. The van der Waals surface area contributed by atoms with Crippen molar-refractivity contribution in [2.75, 3.05) is 19.8 Å². The van der Waals surface area contributed by atoms with Crippen LogP contribution in [-0.4, -0.2) is 19.8 Å². The molecule has 0 bridgehead atoms. The molecule has 21 heavy (non-hydrogen) atoms. The quantitative estimate of drug-likeness (QED) is 0.673. The molecule has 0 aliphatic heterocycles. The molecule has 1 unspecified atom stereocenters. The van der Waals surface area contributed by atoms with E-state index in [1.54, 1.807) is 0 Å². The fourth-order valence-electron chi connectivity index (χ4n) is 2.95. The molecule has 0 spiro atoms. The lowest BCUT2D eigenvalue weighted by Gasteiger charge is -2.26. The molecule has 1 saturated carbocycles. The highest BCUT2D eigenvalue weighted by Gasteiger charge is 2.18. The zero-order valence-electron chi connectivity index (χ0n) is 14.0. The van der Waals surface area contributed by atoms with E-state index in [1.807, 2.05) is 0 Å². The van der Waals surface area contributed by atoms with Crippen molar-refractivity contribution in [1.29, 1.82) is 0 Å². The van der Waals surface area contributed by atoms with Crippen molar-refractivity contribution in [3.63, 3.8) is 0 Å². The number of hydrogen-bond acceptors (Lipinski definition) is 2. The molecule has 1 N–H and O–H groups in total. The van der Waals surface area contributed by atoms with Gasteiger partial charge >= 0.3 is 0 Å². The zero-order chi connectivity index (χ0) is 15.1. The third-order valence-electron chi connectivity index (χ3n) is 4.63. The molecule has 2 rings (SSSR count). The highest BCUT2D eigenvalue weighted by atomic mass is 16.5. The maximum atomic E-state index is 5.99. The standard InChI is InChI=1S/C19H31NO/c1-4-11-20-19(14-21-12-10-17-6-5-7-17)18-13-15(2)8-9-16(18)3/h8-9,13,17,19-20H,4-7,10-12,14H2,1-3H3. The van der Waals surface area contributed by atoms with Gasteiger partial charge in [0.25, 0.3) is 0 Å². The minimum absolute atomic E-state index is 0.325. The van der Waals surface area contributed by atoms with Gasteiger partial charge in [-0.05, 0) is 50.3 Å². The summed E-state index contributed by atoms with van der Waals surface area (Å²) in [5, 5.41) is 3.64. The Bertz CT molecular complexity index is 426. The summed E-state index contributed by atoms with van der Waals surface area (Å²) in [5.41, 5.74) is 4.08. The summed E-state index contributed by atoms with van der Waals surface area (Å²) in [7, 11) is 0. The molecule has 0 heterocycles. The topological polar surface area (TPSA) is 21.3 Å². The van der Waals surface area contributed by atoms with Gasteiger partial charge in [-0.2, -0.15) is 0 Å². The number of ether oxygens (including phenoxy) is 1. The molecule has 1 aliphatic carbocycles. The fraction of sp³-hybridized carbons (Fsp3) is 0.684. The Balaban J connectivity index is 1.87. The van der Waals surface area contributed by atoms with Gasteiger partial charge in [0.1, 0.15) is 0 Å². The SMILES string of the molecule is CCCNC(COCCC1CCC1)c1cc(C)ccc1C. The summed E-state index contributed by atoms with van der Waals surface area (Å²) in [4.78, 5) is 0. The van der Waals surface area contributed by atoms with Crippen LogP contribution < -0.4 is 5.32 Å². The lowest BCUT2D eigenvalue weighted by atomic mass is 9.83. The Morgan fingerprint density at radius 2 is 2.10 bits per heavy atom. The van der Waals surface area contributed by atoms with Gasteiger partial charge in [-0.25, -0.2) is 0 Å². The van der Waals surface area contributed by atoms with Crippen LogP contribution >= 0.6 is 0 Å². The summed E-state index contributed by atoms with van der Waals surface area (Å²) < 4.78 is 5.99. The minimum Gasteiger partial charge on any atom is -0.379 e. The average molecular weight is 289 g/mol. The number of aryl methyl sites for hydroxylation is 2. The first-order valence-corrected chi connectivity index (χ1v) is 8.59. The molecule has 2 heteroatoms. The maximum absolute atomic E-state index is 5.99. The molecule has 0 aromatic heterocycles. The van der Waals surface area contributed by atoms with Gasteiger partial charge in [0.2, 0.25) is 0 Å². The first-order chi connectivity index (χ1) is 10.2. The predicted molar refractivity (Wildman–Crippen MR) is 89.7 cm³/mol. The average Bonchev–Trinajstić information content (AvgIpc) is 2.43. The summed E-state index contributed by atoms with van der Waals surface area (Å²) in [5.74, 6) is 0.938. The Morgan fingerprint density at radius 1 is 1.29 bits per heavy atom. The molecule has 1 fully saturated rings. The summed E-state index contributed by atoms with van der Waals surface area (Å²) in [6.45, 7) is 9.33. The first kappa shape index (κ1) is 16.5. The molecular weight excluding hydrogens is 258 g/mol. The smallest absolute Gasteiger partial charge is 0.0661 e. The lowest BCUT2D eigenvalue weighted by Crippen LogP contribution is -2.27. The van der Waals surface area contributed by atoms with Crippen LogP contribution in [0.2, 0.25) is 0 Å². The number of nitrogens with one attached hydrogen (secondary N) is 1. The fourth-order valence-corrected chi connectivity index (χ4v) is 2.95. The van der Waals surface area contributed by atoms with E-state index in [1.165, 1.54) is 42.4 Å². The summed E-state index contributed by atoms with van der Waals surface area (Å²) in [6, 6.07) is 7.04. The van der Waals surface area contributed by atoms with Gasteiger partial charge in [-0.3, -0.25) is 0 Å². The number of hydrogen-bond donors (Lipinski definition) is 1. The number of rotatable bonds is 9. The molecule has 1 aromatic rings. The van der Waals surface area contributed by atoms with Crippen molar-refractivity contribution < 1.29 is 4.74 Å². The van der Waals surface area contributed by atoms with Crippen molar-refractivity contribution in [2.45, 2.75) is 58.9 Å². The Labute approximate surface area is 130 Å². The van der Waals surface area contributed by atoms with E-state index >= 15 is 0 Å². The van der Waals surface area contributed by atoms with Gasteiger partial charge in [-0.1, -0.05) is 49.9 Å². The lowest BCUT2D eigenvalue weighted by molar-refractivity contribution is 0.0887. The van der Waals surface area contributed by atoms with Crippen LogP contribution in [-0.2, 0) is 4.74 Å². The zero-order valence-corrected chi connectivity index (χ0v) is 14.0. The van der Waals surface area contributed by atoms with E-state index < -0.39 is 0 Å². The number of benzene rings is 1. The molecule has 0 amide bonds. The molecule has 1 aliphatic rings. The van der Waals surface area contributed by atoms with Crippen molar-refractivity contribution >= 4 is 0 Å². The second kappa shape index (κ2) is 8.55. The molecular formula is C19H31NO. The molecule has 1 atom stereocenters. The Morgan fingerprint density at radius 3 is 2.76 bits per heavy atom. The van der Waals surface area contributed by atoms with Crippen molar-refractivity contribution in [3.8, 4) is 0 Å². The van der Waals surface area contributed by atoms with Crippen LogP contribution in [0.4, 0.5) is 0 Å². The molecule has 2 nitrogen and oxygen atoms in total. The van der Waals surface area contributed by atoms with Crippen LogP contribution in [0.1, 0.15) is 61.8 Å². The monoisotopic (exact) mass is 289 g/mol. The van der Waals surface area contributed by atoms with E-state index in [0.717, 1.165) is 32.1 Å². The molecule has 1 aromatic carbocycles. The van der Waals surface area contributed by atoms with E-state index in [2.05, 4.69) is 44.3 Å². The Hall–Kier alpha value is -0.860. The predicted octanol–water partition coefficient (Wildman–Crippen LogP) is 4.55. The Kier molecular flexibility index (Phi) is 6.72. The van der Waals surface area contributed by atoms with E-state index in [-0.39, 0.29) is 0 Å². The van der Waals surface area contributed by atoms with Gasteiger partial charge in [0, 0.05) is 6.61 Å². The van der Waals surface area contributed by atoms with Crippen LogP contribution in [0.5, 0.6) is 0 Å². The first-order valence-electron chi connectivity index (χ1n) is 8.59. The third-order valence-corrected chi connectivity index (χ3v) is 4.63. The van der Waals surface area contributed by atoms with Gasteiger partial charge in [0.05, 0.1) is 12.6 Å². The summed E-state index contributed by atoms with van der Waals surface area (Å²) in [6.07, 6.45) is 6.65. The molecule has 0 radical (unpaired) electrons. The highest BCUT2D eigenvalue weighted by molar-refractivity contribution is 5.33. The third kappa shape index (κ3) is 5.12. The van der Waals surface area contributed by atoms with E-state index in [0.29, 0.717) is 6.04 Å². The second-order valence-corrected chi connectivity index (χ2v) is 6.53. The highest BCUT2D eigenvalue weighted by Crippen LogP contribution is 2.29. The normalized spacial score (nSPS) is 16.7. The largest absolute Gasteiger partial charge is 0.379 e.